The van der Waals surface area contributed by atoms with E-state index in [1.165, 1.54) is 26.4 Å². The van der Waals surface area contributed by atoms with E-state index in [1.54, 1.807) is 19.2 Å². The third kappa shape index (κ3) is 5.38. The van der Waals surface area contributed by atoms with E-state index in [9.17, 15) is 4.39 Å². The molecule has 0 aromatic heterocycles. The summed E-state index contributed by atoms with van der Waals surface area (Å²) >= 11 is 0. The van der Waals surface area contributed by atoms with Crippen LogP contribution < -0.4 is 5.32 Å². The molecular formula is C21H33FN4O2. The molecule has 0 bridgehead atoms. The molecule has 0 spiro atoms. The van der Waals surface area contributed by atoms with Crippen molar-refractivity contribution in [1.29, 1.82) is 0 Å². The number of nitrogens with one attached hydrogen (secondary N) is 1. The van der Waals surface area contributed by atoms with Crippen molar-refractivity contribution in [1.82, 2.24) is 15.1 Å². The van der Waals surface area contributed by atoms with Crippen molar-refractivity contribution in [3.8, 4) is 0 Å². The molecule has 1 saturated heterocycles. The largest absolute Gasteiger partial charge is 0.468 e. The molecule has 0 radical (unpaired) electrons. The molecule has 0 aromatic rings. The molecule has 1 fully saturated rings. The molecule has 2 aliphatic rings. The summed E-state index contributed by atoms with van der Waals surface area (Å²) in [6.07, 6.45) is 7.96. The molecular weight excluding hydrogens is 359 g/mol. The Bertz CT molecular complexity index is 684. The monoisotopic (exact) mass is 392 g/mol. The summed E-state index contributed by atoms with van der Waals surface area (Å²) in [5.41, 5.74) is 0.972. The fourth-order valence-corrected chi connectivity index (χ4v) is 3.48. The Morgan fingerprint density at radius 1 is 1.50 bits per heavy atom. The zero-order valence-electron chi connectivity index (χ0n) is 17.7. The number of methoxy groups -OCH3 is 1. The first-order chi connectivity index (χ1) is 13.4. The molecule has 0 aliphatic carbocycles. The number of likely N-dealkylation sites (N-methyl/N-ethyl adjacent to an activating group) is 1. The Morgan fingerprint density at radius 3 is 2.89 bits per heavy atom. The summed E-state index contributed by atoms with van der Waals surface area (Å²) in [7, 11) is 7.23. The average molecular weight is 393 g/mol. The highest BCUT2D eigenvalue weighted by molar-refractivity contribution is 6.07. The highest BCUT2D eigenvalue weighted by Crippen LogP contribution is 2.23. The second-order valence-corrected chi connectivity index (χ2v) is 7.21. The lowest BCUT2D eigenvalue weighted by molar-refractivity contribution is 0.118. The number of hydrogen-bond acceptors (Lipinski definition) is 6. The Balaban J connectivity index is 2.05. The molecule has 2 rings (SSSR count). The van der Waals surface area contributed by atoms with E-state index in [1.807, 2.05) is 18.9 Å². The Hall–Kier alpha value is -2.28. The minimum absolute atomic E-state index is 0.183. The molecule has 0 aromatic carbocycles. The summed E-state index contributed by atoms with van der Waals surface area (Å²) < 4.78 is 24.7. The van der Waals surface area contributed by atoms with E-state index in [2.05, 4.69) is 28.8 Å². The smallest absolute Gasteiger partial charge is 0.283 e. The van der Waals surface area contributed by atoms with Gasteiger partial charge in [-0.2, -0.15) is 0 Å². The fraction of sp³-hybridized carbons (Fsp3) is 0.571. The molecule has 7 heteroatoms. The van der Waals surface area contributed by atoms with Crippen LogP contribution in [0.3, 0.4) is 0 Å². The van der Waals surface area contributed by atoms with Gasteiger partial charge in [0.05, 0.1) is 24.7 Å². The Morgan fingerprint density at radius 2 is 2.25 bits per heavy atom. The third-order valence-electron chi connectivity index (χ3n) is 5.51. The van der Waals surface area contributed by atoms with Gasteiger partial charge in [0.15, 0.2) is 5.83 Å². The van der Waals surface area contributed by atoms with Gasteiger partial charge in [-0.1, -0.05) is 13.0 Å². The van der Waals surface area contributed by atoms with Crippen LogP contribution in [0.25, 0.3) is 0 Å². The Kier molecular flexibility index (Phi) is 8.11. The number of allylic oxidation sites excluding steroid dienone is 3. The zero-order valence-corrected chi connectivity index (χ0v) is 17.7. The molecule has 0 amide bonds. The first kappa shape index (κ1) is 22.0. The third-order valence-corrected chi connectivity index (χ3v) is 5.51. The van der Waals surface area contributed by atoms with Crippen LogP contribution in [0.2, 0.25) is 0 Å². The molecule has 2 atom stereocenters. The van der Waals surface area contributed by atoms with Crippen LogP contribution in [0, 0.1) is 0 Å². The van der Waals surface area contributed by atoms with Crippen LogP contribution in [-0.4, -0.2) is 68.9 Å². The first-order valence-corrected chi connectivity index (χ1v) is 9.70. The van der Waals surface area contributed by atoms with Gasteiger partial charge in [0.1, 0.15) is 6.26 Å². The predicted octanol–water partition coefficient (Wildman–Crippen LogP) is 3.18. The van der Waals surface area contributed by atoms with Gasteiger partial charge in [-0.15, -0.1) is 0 Å². The minimum atomic E-state index is -0.494. The molecule has 2 aliphatic heterocycles. The highest BCUT2D eigenvalue weighted by atomic mass is 19.1. The number of halogens is 1. The van der Waals surface area contributed by atoms with Gasteiger partial charge in [0.2, 0.25) is 0 Å². The maximum Gasteiger partial charge on any atom is 0.283 e. The second kappa shape index (κ2) is 10.3. The SMILES string of the molecule is C=C(NCC1CCCCN1C)N(C)C(C)/C(=N\C)C1=CC=C(OC)OC=C1F. The van der Waals surface area contributed by atoms with Gasteiger partial charge < -0.3 is 24.6 Å². The first-order valence-electron chi connectivity index (χ1n) is 9.70. The standard InChI is InChI=1S/C21H33FN4O2/c1-15(21(23-3)18-10-11-20(27-6)28-14-19(18)22)26(5)16(2)24-13-17-9-7-8-12-25(17)4/h10-11,14-15,17,24H,2,7-9,12-13H2,1,3-6H3/b23-21+. The number of piperidine rings is 1. The van der Waals surface area contributed by atoms with Gasteiger partial charge in [0.25, 0.3) is 5.95 Å². The van der Waals surface area contributed by atoms with Gasteiger partial charge in [-0.3, -0.25) is 4.99 Å². The lowest BCUT2D eigenvalue weighted by atomic mass is 10.0. The molecule has 0 saturated carbocycles. The summed E-state index contributed by atoms with van der Waals surface area (Å²) in [6, 6.07) is 0.324. The molecule has 28 heavy (non-hydrogen) atoms. The van der Waals surface area contributed by atoms with E-state index in [0.717, 1.165) is 25.2 Å². The average Bonchev–Trinajstić information content (AvgIpc) is 2.88. The predicted molar refractivity (Wildman–Crippen MR) is 111 cm³/mol. The molecule has 2 unspecified atom stereocenters. The maximum absolute atomic E-state index is 14.5. The van der Waals surface area contributed by atoms with Crippen molar-refractivity contribution < 1.29 is 13.9 Å². The number of likely N-dealkylation sites (tertiary alicyclic amines) is 1. The van der Waals surface area contributed by atoms with Gasteiger partial charge >= 0.3 is 0 Å². The van der Waals surface area contributed by atoms with E-state index in [0.29, 0.717) is 17.3 Å². The fourth-order valence-electron chi connectivity index (χ4n) is 3.48. The quantitative estimate of drug-likeness (QED) is 0.643. The van der Waals surface area contributed by atoms with Gasteiger partial charge in [-0.05, 0) is 39.4 Å². The van der Waals surface area contributed by atoms with Crippen LogP contribution >= 0.6 is 0 Å². The van der Waals surface area contributed by atoms with Crippen molar-refractivity contribution in [3.63, 3.8) is 0 Å². The van der Waals surface area contributed by atoms with Crippen LogP contribution in [0.15, 0.2) is 53.2 Å². The Labute approximate surface area is 168 Å². The van der Waals surface area contributed by atoms with Crippen molar-refractivity contribution in [3.05, 3.63) is 48.2 Å². The highest BCUT2D eigenvalue weighted by Gasteiger charge is 2.25. The number of rotatable bonds is 8. The van der Waals surface area contributed by atoms with Crippen molar-refractivity contribution >= 4 is 5.71 Å². The maximum atomic E-state index is 14.5. The summed E-state index contributed by atoms with van der Waals surface area (Å²) in [4.78, 5) is 8.71. The van der Waals surface area contributed by atoms with Crippen LogP contribution in [0.4, 0.5) is 4.39 Å². The van der Waals surface area contributed by atoms with E-state index < -0.39 is 5.83 Å². The lowest BCUT2D eigenvalue weighted by Gasteiger charge is -2.35. The van der Waals surface area contributed by atoms with Crippen molar-refractivity contribution in [2.24, 2.45) is 4.99 Å². The van der Waals surface area contributed by atoms with E-state index in [4.69, 9.17) is 9.47 Å². The van der Waals surface area contributed by atoms with Gasteiger partial charge in [-0.25, -0.2) is 4.39 Å². The van der Waals surface area contributed by atoms with Crippen molar-refractivity contribution in [2.45, 2.75) is 38.3 Å². The van der Waals surface area contributed by atoms with E-state index in [-0.39, 0.29) is 12.0 Å². The number of nitrogens with zero attached hydrogens (tertiary/aromatic N) is 3. The number of hydrogen-bond donors (Lipinski definition) is 1. The van der Waals surface area contributed by atoms with Crippen LogP contribution in [0.1, 0.15) is 26.2 Å². The van der Waals surface area contributed by atoms with Crippen LogP contribution in [0.5, 0.6) is 0 Å². The van der Waals surface area contributed by atoms with Gasteiger partial charge in [0, 0.05) is 38.3 Å². The normalized spacial score (nSPS) is 22.1. The summed E-state index contributed by atoms with van der Waals surface area (Å²) in [6.45, 7) is 8.12. The molecule has 2 heterocycles. The lowest BCUT2D eigenvalue weighted by Crippen LogP contribution is -2.46. The zero-order chi connectivity index (χ0) is 20.7. The molecule has 6 nitrogen and oxygen atoms in total. The topological polar surface area (TPSA) is 49.3 Å². The van der Waals surface area contributed by atoms with Crippen molar-refractivity contribution in [2.75, 3.05) is 41.3 Å². The number of aliphatic imine (C=N–C) groups is 1. The number of ether oxygens (including phenoxy) is 2. The van der Waals surface area contributed by atoms with E-state index >= 15 is 0 Å². The summed E-state index contributed by atoms with van der Waals surface area (Å²) in [5.74, 6) is 0.520. The molecule has 156 valence electrons. The summed E-state index contributed by atoms with van der Waals surface area (Å²) in [5, 5.41) is 3.44. The second-order valence-electron chi connectivity index (χ2n) is 7.21. The molecule has 1 N–H and O–H groups in total. The minimum Gasteiger partial charge on any atom is -0.468 e. The van der Waals surface area contributed by atoms with Crippen LogP contribution in [-0.2, 0) is 9.47 Å².